The molecule has 6 heteroatoms. The van der Waals surface area contributed by atoms with Crippen LogP contribution >= 0.6 is 22.9 Å². The van der Waals surface area contributed by atoms with Crippen LogP contribution in [0, 0.1) is 0 Å². The van der Waals surface area contributed by atoms with Crippen molar-refractivity contribution in [2.24, 2.45) is 5.10 Å². The van der Waals surface area contributed by atoms with Crippen molar-refractivity contribution in [1.82, 2.24) is 9.99 Å². The molecule has 0 atom stereocenters. The monoisotopic (exact) mass is 443 g/mol. The van der Waals surface area contributed by atoms with E-state index in [9.17, 15) is 4.79 Å². The molecule has 0 saturated carbocycles. The number of benzene rings is 3. The van der Waals surface area contributed by atoms with Gasteiger partial charge in [-0.3, -0.25) is 4.79 Å². The minimum Gasteiger partial charge on any atom is -0.342 e. The lowest BCUT2D eigenvalue weighted by Crippen LogP contribution is -2.16. The van der Waals surface area contributed by atoms with Crippen LogP contribution in [-0.4, -0.2) is 16.7 Å². The molecule has 0 fully saturated rings. The lowest BCUT2D eigenvalue weighted by atomic mass is 10.2. The van der Waals surface area contributed by atoms with Gasteiger partial charge >= 0.3 is 0 Å². The highest BCUT2D eigenvalue weighted by molar-refractivity contribution is 7.21. The molecule has 0 aliphatic heterocycles. The molecule has 1 amide bonds. The zero-order chi connectivity index (χ0) is 21.2. The van der Waals surface area contributed by atoms with E-state index in [1.54, 1.807) is 6.21 Å². The smallest absolute Gasteiger partial charge is 0.283 e. The highest BCUT2D eigenvalue weighted by atomic mass is 35.5. The van der Waals surface area contributed by atoms with E-state index < -0.39 is 0 Å². The molecular formula is C25H18ClN3OS. The molecule has 0 aliphatic carbocycles. The van der Waals surface area contributed by atoms with Crippen LogP contribution in [0.15, 0.2) is 90.2 Å². The second-order valence-corrected chi connectivity index (χ2v) is 8.59. The normalized spacial score (nSPS) is 11.5. The second kappa shape index (κ2) is 8.38. The average molecular weight is 444 g/mol. The third-order valence-corrected chi connectivity index (χ3v) is 6.80. The molecule has 152 valence electrons. The Morgan fingerprint density at radius 1 is 0.968 bits per heavy atom. The third kappa shape index (κ3) is 3.85. The Hall–Kier alpha value is -3.41. The number of nitrogens with zero attached hydrogens (tertiary/aromatic N) is 2. The minimum absolute atomic E-state index is 0.310. The first-order valence-corrected chi connectivity index (χ1v) is 11.0. The number of aromatic nitrogens is 1. The van der Waals surface area contributed by atoms with E-state index >= 15 is 0 Å². The van der Waals surface area contributed by atoms with Crippen molar-refractivity contribution < 1.29 is 4.79 Å². The molecular weight excluding hydrogens is 426 g/mol. The van der Waals surface area contributed by atoms with Gasteiger partial charge in [0.1, 0.15) is 4.88 Å². The Kier molecular flexibility index (Phi) is 5.28. The topological polar surface area (TPSA) is 46.4 Å². The molecule has 5 rings (SSSR count). The van der Waals surface area contributed by atoms with Gasteiger partial charge in [0.2, 0.25) is 0 Å². The number of nitrogens with one attached hydrogen (secondary N) is 1. The van der Waals surface area contributed by atoms with E-state index in [0.717, 1.165) is 33.1 Å². The fourth-order valence-electron chi connectivity index (χ4n) is 3.66. The van der Waals surface area contributed by atoms with Crippen LogP contribution in [0.1, 0.15) is 20.8 Å². The van der Waals surface area contributed by atoms with Crippen molar-refractivity contribution in [2.45, 2.75) is 6.54 Å². The van der Waals surface area contributed by atoms with Crippen molar-refractivity contribution >= 4 is 56.0 Å². The Bertz CT molecular complexity index is 1420. The highest BCUT2D eigenvalue weighted by Crippen LogP contribution is 2.35. The first-order chi connectivity index (χ1) is 15.2. The maximum atomic E-state index is 12.6. The molecule has 31 heavy (non-hydrogen) atoms. The maximum absolute atomic E-state index is 12.6. The summed E-state index contributed by atoms with van der Waals surface area (Å²) in [5.41, 5.74) is 5.90. The van der Waals surface area contributed by atoms with Crippen molar-refractivity contribution in [1.29, 1.82) is 0 Å². The van der Waals surface area contributed by atoms with Gasteiger partial charge in [-0.2, -0.15) is 5.10 Å². The predicted molar refractivity (Wildman–Crippen MR) is 129 cm³/mol. The summed E-state index contributed by atoms with van der Waals surface area (Å²) in [7, 11) is 0. The summed E-state index contributed by atoms with van der Waals surface area (Å²) in [5.74, 6) is -0.310. The second-order valence-electron chi connectivity index (χ2n) is 7.16. The van der Waals surface area contributed by atoms with Gasteiger partial charge < -0.3 is 4.57 Å². The fourth-order valence-corrected chi connectivity index (χ4v) is 5.07. The molecule has 1 N–H and O–H groups in total. The molecule has 3 aromatic carbocycles. The molecule has 0 spiro atoms. The number of carbonyl (C=O) groups is 1. The van der Waals surface area contributed by atoms with Crippen LogP contribution < -0.4 is 5.43 Å². The number of para-hydroxylation sites is 1. The highest BCUT2D eigenvalue weighted by Gasteiger charge is 2.16. The lowest BCUT2D eigenvalue weighted by molar-refractivity contribution is 0.0959. The Labute approximate surface area is 188 Å². The summed E-state index contributed by atoms with van der Waals surface area (Å²) in [6.07, 6.45) is 3.74. The molecule has 2 heterocycles. The summed E-state index contributed by atoms with van der Waals surface area (Å²) >= 11 is 7.76. The SMILES string of the molecule is O=C(N/N=C/c1cn(Cc2ccccc2)c2ccccc12)c1sc2ccccc2c1Cl. The number of hydrogen-bond acceptors (Lipinski definition) is 3. The summed E-state index contributed by atoms with van der Waals surface area (Å²) in [4.78, 5) is 13.1. The van der Waals surface area contributed by atoms with Crippen molar-refractivity contribution in [3.8, 4) is 0 Å². The first kappa shape index (κ1) is 19.5. The van der Waals surface area contributed by atoms with Gasteiger partial charge in [0.05, 0.1) is 11.2 Å². The van der Waals surface area contributed by atoms with Gasteiger partial charge in [0.25, 0.3) is 5.91 Å². The number of rotatable bonds is 5. The fraction of sp³-hybridized carbons (Fsp3) is 0.0400. The van der Waals surface area contributed by atoms with Crippen LogP contribution in [0.2, 0.25) is 5.02 Å². The van der Waals surface area contributed by atoms with Gasteiger partial charge in [0.15, 0.2) is 0 Å². The number of hydrogen-bond donors (Lipinski definition) is 1. The Morgan fingerprint density at radius 3 is 2.48 bits per heavy atom. The quantitative estimate of drug-likeness (QED) is 0.250. The molecule has 0 aliphatic rings. The van der Waals surface area contributed by atoms with E-state index in [2.05, 4.69) is 45.6 Å². The first-order valence-electron chi connectivity index (χ1n) is 9.83. The van der Waals surface area contributed by atoms with Crippen LogP contribution in [0.5, 0.6) is 0 Å². The van der Waals surface area contributed by atoms with Crippen LogP contribution in [-0.2, 0) is 6.54 Å². The Morgan fingerprint density at radius 2 is 1.68 bits per heavy atom. The van der Waals surface area contributed by atoms with E-state index in [1.807, 2.05) is 54.6 Å². The minimum atomic E-state index is -0.310. The van der Waals surface area contributed by atoms with Gasteiger partial charge in [-0.05, 0) is 17.7 Å². The average Bonchev–Trinajstić information content (AvgIpc) is 3.33. The number of thiophene rings is 1. The van der Waals surface area contributed by atoms with Crippen molar-refractivity contribution in [3.63, 3.8) is 0 Å². The molecule has 0 unspecified atom stereocenters. The molecule has 2 aromatic heterocycles. The summed E-state index contributed by atoms with van der Waals surface area (Å²) in [5, 5.41) is 6.64. The van der Waals surface area contributed by atoms with E-state index in [4.69, 9.17) is 11.6 Å². The van der Waals surface area contributed by atoms with Gasteiger partial charge in [-0.25, -0.2) is 5.43 Å². The zero-order valence-electron chi connectivity index (χ0n) is 16.5. The summed E-state index contributed by atoms with van der Waals surface area (Å²) in [6, 6.07) is 26.2. The molecule has 0 saturated heterocycles. The maximum Gasteiger partial charge on any atom is 0.283 e. The number of fused-ring (bicyclic) bond motifs is 2. The zero-order valence-corrected chi connectivity index (χ0v) is 18.0. The van der Waals surface area contributed by atoms with E-state index in [-0.39, 0.29) is 5.91 Å². The van der Waals surface area contributed by atoms with Crippen LogP contribution in [0.3, 0.4) is 0 Å². The predicted octanol–water partition coefficient (Wildman–Crippen LogP) is 6.32. The standard InChI is InChI=1S/C25H18ClN3OS/c26-23-20-11-5-7-13-22(20)31-24(23)25(30)28-27-14-18-16-29(15-17-8-2-1-3-9-17)21-12-6-4-10-19(18)21/h1-14,16H,15H2,(H,28,30)/b27-14+. The summed E-state index contributed by atoms with van der Waals surface area (Å²) < 4.78 is 3.17. The lowest BCUT2D eigenvalue weighted by Gasteiger charge is -2.05. The number of halogens is 1. The van der Waals surface area contributed by atoms with Gasteiger partial charge in [-0.1, -0.05) is 78.3 Å². The molecule has 0 radical (unpaired) electrons. The van der Waals surface area contributed by atoms with E-state index in [0.29, 0.717) is 9.90 Å². The van der Waals surface area contributed by atoms with Crippen molar-refractivity contribution in [2.75, 3.05) is 0 Å². The van der Waals surface area contributed by atoms with Crippen LogP contribution in [0.25, 0.3) is 21.0 Å². The number of carbonyl (C=O) groups excluding carboxylic acids is 1. The summed E-state index contributed by atoms with van der Waals surface area (Å²) in [6.45, 7) is 0.763. The largest absolute Gasteiger partial charge is 0.342 e. The van der Waals surface area contributed by atoms with Gasteiger partial charge in [-0.15, -0.1) is 11.3 Å². The van der Waals surface area contributed by atoms with Crippen LogP contribution in [0.4, 0.5) is 0 Å². The van der Waals surface area contributed by atoms with E-state index in [1.165, 1.54) is 16.9 Å². The molecule has 0 bridgehead atoms. The number of hydrazone groups is 1. The van der Waals surface area contributed by atoms with Crippen molar-refractivity contribution in [3.05, 3.63) is 106 Å². The molecule has 5 aromatic rings. The Balaban J connectivity index is 1.40. The van der Waals surface area contributed by atoms with Gasteiger partial charge in [0, 0.05) is 39.3 Å². The number of amides is 1. The third-order valence-electron chi connectivity index (χ3n) is 5.13. The molecule has 4 nitrogen and oxygen atoms in total.